The number of ether oxygens (including phenoxy) is 1. The molecule has 0 atom stereocenters. The van der Waals surface area contributed by atoms with Gasteiger partial charge in [0, 0.05) is 39.0 Å². The normalized spacial score (nSPS) is 18.0. The molecular formula is C26H40N2O3. The molecule has 2 aliphatic rings. The highest BCUT2D eigenvalue weighted by molar-refractivity contribution is 5.77. The zero-order chi connectivity index (χ0) is 22.1. The summed E-state index contributed by atoms with van der Waals surface area (Å²) in [5.41, 5.74) is 2.26. The smallest absolute Gasteiger partial charge is 0.222 e. The van der Waals surface area contributed by atoms with E-state index < -0.39 is 0 Å². The predicted octanol–water partition coefficient (Wildman–Crippen LogP) is 4.88. The third-order valence-corrected chi connectivity index (χ3v) is 6.88. The number of rotatable bonds is 8. The van der Waals surface area contributed by atoms with Crippen molar-refractivity contribution in [2.45, 2.75) is 78.1 Å². The number of hydrogen-bond acceptors (Lipinski definition) is 3. The van der Waals surface area contributed by atoms with Gasteiger partial charge in [0.1, 0.15) is 5.75 Å². The predicted molar refractivity (Wildman–Crippen MR) is 124 cm³/mol. The summed E-state index contributed by atoms with van der Waals surface area (Å²) in [6, 6.07) is 6.13. The van der Waals surface area contributed by atoms with Crippen LogP contribution in [0.3, 0.4) is 0 Å². The number of para-hydroxylation sites is 1. The molecule has 1 saturated heterocycles. The summed E-state index contributed by atoms with van der Waals surface area (Å²) in [5.74, 6) is 2.14. The second-order valence-electron chi connectivity index (χ2n) is 9.33. The summed E-state index contributed by atoms with van der Waals surface area (Å²) < 4.78 is 5.93. The molecule has 1 aliphatic heterocycles. The molecule has 1 saturated carbocycles. The first-order valence-corrected chi connectivity index (χ1v) is 12.3. The van der Waals surface area contributed by atoms with Gasteiger partial charge in [-0.25, -0.2) is 0 Å². The Kier molecular flexibility index (Phi) is 9.23. The van der Waals surface area contributed by atoms with Crippen LogP contribution in [0.25, 0.3) is 0 Å². The van der Waals surface area contributed by atoms with Crippen LogP contribution in [0, 0.1) is 19.8 Å². The second kappa shape index (κ2) is 12.1. The first kappa shape index (κ1) is 23.6. The Hall–Kier alpha value is -2.04. The van der Waals surface area contributed by atoms with Gasteiger partial charge in [-0.3, -0.25) is 9.59 Å². The van der Waals surface area contributed by atoms with Gasteiger partial charge in [0.25, 0.3) is 0 Å². The first-order chi connectivity index (χ1) is 15.0. The largest absolute Gasteiger partial charge is 0.493 e. The maximum atomic E-state index is 12.7. The minimum atomic E-state index is 0.182. The van der Waals surface area contributed by atoms with Crippen molar-refractivity contribution in [3.63, 3.8) is 0 Å². The van der Waals surface area contributed by atoms with Crippen LogP contribution in [0.15, 0.2) is 18.2 Å². The van der Waals surface area contributed by atoms with Crippen molar-refractivity contribution in [3.05, 3.63) is 29.3 Å². The van der Waals surface area contributed by atoms with Crippen LogP contribution in [0.2, 0.25) is 0 Å². The van der Waals surface area contributed by atoms with Crippen molar-refractivity contribution in [1.29, 1.82) is 0 Å². The van der Waals surface area contributed by atoms with Gasteiger partial charge in [0.15, 0.2) is 0 Å². The quantitative estimate of drug-likeness (QED) is 0.554. The monoisotopic (exact) mass is 428 g/mol. The maximum Gasteiger partial charge on any atom is 0.222 e. The van der Waals surface area contributed by atoms with E-state index in [9.17, 15) is 9.59 Å². The lowest BCUT2D eigenvalue weighted by atomic mass is 9.86. The third kappa shape index (κ3) is 7.26. The van der Waals surface area contributed by atoms with Crippen molar-refractivity contribution in [2.24, 2.45) is 5.92 Å². The standard InChI is InChI=1S/C26H40N2O3/c1-21-9-6-10-22(2)26(21)31-20-7-13-24(29)27-16-8-17-28(19-18-27)25(30)15-14-23-11-4-3-5-12-23/h6,9-10,23H,3-5,7-8,11-20H2,1-2H3. The molecule has 172 valence electrons. The minimum absolute atomic E-state index is 0.182. The van der Waals surface area contributed by atoms with E-state index in [1.807, 2.05) is 41.8 Å². The molecule has 0 aromatic heterocycles. The highest BCUT2D eigenvalue weighted by atomic mass is 16.5. The lowest BCUT2D eigenvalue weighted by molar-refractivity contribution is -0.133. The van der Waals surface area contributed by atoms with Gasteiger partial charge in [-0.15, -0.1) is 0 Å². The molecule has 1 aliphatic carbocycles. The van der Waals surface area contributed by atoms with Gasteiger partial charge < -0.3 is 14.5 Å². The lowest BCUT2D eigenvalue weighted by Crippen LogP contribution is -2.37. The molecule has 5 nitrogen and oxygen atoms in total. The summed E-state index contributed by atoms with van der Waals surface area (Å²) >= 11 is 0. The number of aryl methyl sites for hydroxylation is 2. The van der Waals surface area contributed by atoms with E-state index in [0.717, 1.165) is 48.7 Å². The fourth-order valence-electron chi connectivity index (χ4n) is 4.96. The molecule has 3 rings (SSSR count). The Balaban J connectivity index is 1.35. The molecular weight excluding hydrogens is 388 g/mol. The first-order valence-electron chi connectivity index (χ1n) is 12.3. The van der Waals surface area contributed by atoms with Crippen molar-refractivity contribution >= 4 is 11.8 Å². The van der Waals surface area contributed by atoms with Crippen LogP contribution < -0.4 is 4.74 Å². The van der Waals surface area contributed by atoms with Crippen LogP contribution in [-0.2, 0) is 9.59 Å². The Bertz CT molecular complexity index is 707. The summed E-state index contributed by atoms with van der Waals surface area (Å²) in [7, 11) is 0. The van der Waals surface area contributed by atoms with E-state index in [-0.39, 0.29) is 11.8 Å². The van der Waals surface area contributed by atoms with Gasteiger partial charge in [-0.1, -0.05) is 50.3 Å². The van der Waals surface area contributed by atoms with Gasteiger partial charge in [-0.05, 0) is 50.2 Å². The Morgan fingerprint density at radius 1 is 0.871 bits per heavy atom. The average molecular weight is 429 g/mol. The van der Waals surface area contributed by atoms with E-state index in [1.54, 1.807) is 0 Å². The SMILES string of the molecule is Cc1cccc(C)c1OCCCC(=O)N1CCCN(C(=O)CCC2CCCCC2)CC1. The number of amides is 2. The van der Waals surface area contributed by atoms with Crippen LogP contribution in [0.1, 0.15) is 75.3 Å². The number of carbonyl (C=O) groups is 2. The van der Waals surface area contributed by atoms with E-state index in [4.69, 9.17) is 4.74 Å². The molecule has 2 amide bonds. The van der Waals surface area contributed by atoms with Gasteiger partial charge >= 0.3 is 0 Å². The maximum absolute atomic E-state index is 12.7. The number of hydrogen-bond donors (Lipinski definition) is 0. The Morgan fingerprint density at radius 3 is 2.13 bits per heavy atom. The molecule has 0 bridgehead atoms. The minimum Gasteiger partial charge on any atom is -0.493 e. The van der Waals surface area contributed by atoms with Crippen LogP contribution in [0.4, 0.5) is 0 Å². The lowest BCUT2D eigenvalue weighted by Gasteiger charge is -2.24. The molecule has 1 heterocycles. The molecule has 5 heteroatoms. The van der Waals surface area contributed by atoms with Gasteiger partial charge in [0.05, 0.1) is 6.61 Å². The molecule has 0 radical (unpaired) electrons. The average Bonchev–Trinajstić information content (AvgIpc) is 3.04. The molecule has 0 spiro atoms. The molecule has 2 fully saturated rings. The summed E-state index contributed by atoms with van der Waals surface area (Å²) in [4.78, 5) is 29.3. The third-order valence-electron chi connectivity index (χ3n) is 6.88. The molecule has 0 N–H and O–H groups in total. The zero-order valence-electron chi connectivity index (χ0n) is 19.5. The Labute approximate surface area is 188 Å². The number of carbonyl (C=O) groups excluding carboxylic acids is 2. The van der Waals surface area contributed by atoms with E-state index >= 15 is 0 Å². The van der Waals surface area contributed by atoms with E-state index in [2.05, 4.69) is 0 Å². The molecule has 31 heavy (non-hydrogen) atoms. The van der Waals surface area contributed by atoms with Crippen molar-refractivity contribution < 1.29 is 14.3 Å². The topological polar surface area (TPSA) is 49.9 Å². The van der Waals surface area contributed by atoms with Gasteiger partial charge in [-0.2, -0.15) is 0 Å². The fourth-order valence-corrected chi connectivity index (χ4v) is 4.96. The second-order valence-corrected chi connectivity index (χ2v) is 9.33. The highest BCUT2D eigenvalue weighted by Crippen LogP contribution is 2.27. The van der Waals surface area contributed by atoms with Crippen LogP contribution >= 0.6 is 0 Å². The van der Waals surface area contributed by atoms with Gasteiger partial charge in [0.2, 0.25) is 11.8 Å². The molecule has 0 unspecified atom stereocenters. The number of nitrogens with zero attached hydrogens (tertiary/aromatic N) is 2. The van der Waals surface area contributed by atoms with Crippen LogP contribution in [-0.4, -0.2) is 54.4 Å². The van der Waals surface area contributed by atoms with Crippen molar-refractivity contribution in [1.82, 2.24) is 9.80 Å². The zero-order valence-corrected chi connectivity index (χ0v) is 19.5. The fraction of sp³-hybridized carbons (Fsp3) is 0.692. The Morgan fingerprint density at radius 2 is 1.48 bits per heavy atom. The summed E-state index contributed by atoms with van der Waals surface area (Å²) in [6.45, 7) is 7.52. The van der Waals surface area contributed by atoms with Crippen molar-refractivity contribution in [2.75, 3.05) is 32.8 Å². The van der Waals surface area contributed by atoms with E-state index in [0.29, 0.717) is 39.0 Å². The molecule has 1 aromatic carbocycles. The summed E-state index contributed by atoms with van der Waals surface area (Å²) in [5, 5.41) is 0. The number of benzene rings is 1. The van der Waals surface area contributed by atoms with E-state index in [1.165, 1.54) is 32.1 Å². The molecule has 1 aromatic rings. The highest BCUT2D eigenvalue weighted by Gasteiger charge is 2.23. The van der Waals surface area contributed by atoms with Crippen LogP contribution in [0.5, 0.6) is 5.75 Å². The van der Waals surface area contributed by atoms with Crippen molar-refractivity contribution in [3.8, 4) is 5.75 Å². The summed E-state index contributed by atoms with van der Waals surface area (Å²) in [6.07, 6.45) is 10.4.